The molecule has 1 radical (unpaired) electrons. The summed E-state index contributed by atoms with van der Waals surface area (Å²) in [7, 11) is 0. The van der Waals surface area contributed by atoms with Crippen LogP contribution in [0.4, 0.5) is 0 Å². The molecule has 0 bridgehead atoms. The lowest BCUT2D eigenvalue weighted by Crippen LogP contribution is -2.03. The zero-order valence-electron chi connectivity index (χ0n) is 10.1. The van der Waals surface area contributed by atoms with E-state index < -0.39 is 0 Å². The van der Waals surface area contributed by atoms with Crippen LogP contribution in [0.5, 0.6) is 0 Å². The topological polar surface area (TPSA) is 14.1 Å². The van der Waals surface area contributed by atoms with Gasteiger partial charge < -0.3 is 0 Å². The first-order chi connectivity index (χ1) is 7.36. The zero-order chi connectivity index (χ0) is 10.7. The number of rotatable bonds is 4. The lowest BCUT2D eigenvalue weighted by molar-refractivity contribution is 0.653. The van der Waals surface area contributed by atoms with E-state index in [0.29, 0.717) is 0 Å². The standard InChI is InChI=1S/C14H22N/c1-3-7-11-12-9-5-6-10-14(12)15-13(11)8-4-2/h3-10H2,1-2H3. The second kappa shape index (κ2) is 4.87. The molecule has 83 valence electrons. The minimum absolute atomic E-state index is 1.18. The van der Waals surface area contributed by atoms with Gasteiger partial charge in [-0.3, -0.25) is 5.32 Å². The molecule has 0 N–H and O–H groups in total. The second-order valence-electron chi connectivity index (χ2n) is 4.67. The highest BCUT2D eigenvalue weighted by Gasteiger charge is 2.26. The molecule has 1 heterocycles. The molecule has 1 nitrogen and oxygen atoms in total. The summed E-state index contributed by atoms with van der Waals surface area (Å²) in [5.74, 6) is 0. The summed E-state index contributed by atoms with van der Waals surface area (Å²) >= 11 is 0. The minimum Gasteiger partial charge on any atom is -0.257 e. The number of hydrogen-bond donors (Lipinski definition) is 0. The van der Waals surface area contributed by atoms with Gasteiger partial charge in [0.05, 0.1) is 0 Å². The van der Waals surface area contributed by atoms with Crippen LogP contribution in [0, 0.1) is 0 Å². The van der Waals surface area contributed by atoms with Crippen LogP contribution in [-0.2, 0) is 0 Å². The fourth-order valence-corrected chi connectivity index (χ4v) is 2.73. The monoisotopic (exact) mass is 204 g/mol. The van der Waals surface area contributed by atoms with Gasteiger partial charge >= 0.3 is 0 Å². The highest BCUT2D eigenvalue weighted by molar-refractivity contribution is 5.46. The van der Waals surface area contributed by atoms with Gasteiger partial charge in [0.15, 0.2) is 0 Å². The highest BCUT2D eigenvalue weighted by atomic mass is 14.9. The van der Waals surface area contributed by atoms with Crippen LogP contribution in [-0.4, -0.2) is 0 Å². The van der Waals surface area contributed by atoms with Gasteiger partial charge in [-0.05, 0) is 49.7 Å². The Balaban J connectivity index is 2.19. The molecular weight excluding hydrogens is 182 g/mol. The van der Waals surface area contributed by atoms with Gasteiger partial charge in [0.25, 0.3) is 0 Å². The van der Waals surface area contributed by atoms with Crippen LogP contribution in [0.2, 0.25) is 0 Å². The molecule has 0 saturated carbocycles. The second-order valence-corrected chi connectivity index (χ2v) is 4.67. The minimum atomic E-state index is 1.18. The quantitative estimate of drug-likeness (QED) is 0.648. The first-order valence-corrected chi connectivity index (χ1v) is 6.53. The Kier molecular flexibility index (Phi) is 3.50. The molecule has 1 aliphatic heterocycles. The first kappa shape index (κ1) is 10.8. The summed E-state index contributed by atoms with van der Waals surface area (Å²) in [6.07, 6.45) is 10.2. The summed E-state index contributed by atoms with van der Waals surface area (Å²) in [6, 6.07) is 0. The van der Waals surface area contributed by atoms with Gasteiger partial charge in [-0.25, -0.2) is 0 Å². The van der Waals surface area contributed by atoms with Gasteiger partial charge in [-0.1, -0.05) is 26.7 Å². The third-order valence-electron chi connectivity index (χ3n) is 3.41. The summed E-state index contributed by atoms with van der Waals surface area (Å²) in [4.78, 5) is 0. The molecule has 1 heteroatoms. The maximum Gasteiger partial charge on any atom is 0.0442 e. The summed E-state index contributed by atoms with van der Waals surface area (Å²) < 4.78 is 0. The number of hydrogen-bond acceptors (Lipinski definition) is 0. The van der Waals surface area contributed by atoms with Crippen LogP contribution in [0.25, 0.3) is 0 Å². The molecule has 0 aromatic carbocycles. The van der Waals surface area contributed by atoms with Crippen LogP contribution in [0.1, 0.15) is 65.2 Å². The Morgan fingerprint density at radius 3 is 2.47 bits per heavy atom. The zero-order valence-corrected chi connectivity index (χ0v) is 10.1. The molecule has 2 rings (SSSR count). The lowest BCUT2D eigenvalue weighted by atomic mass is 9.90. The maximum atomic E-state index is 4.86. The third-order valence-corrected chi connectivity index (χ3v) is 3.41. The predicted octanol–water partition coefficient (Wildman–Crippen LogP) is 4.29. The largest absolute Gasteiger partial charge is 0.257 e. The van der Waals surface area contributed by atoms with Gasteiger partial charge in [0, 0.05) is 11.4 Å². The molecule has 0 amide bonds. The maximum absolute atomic E-state index is 4.86. The van der Waals surface area contributed by atoms with Crippen molar-refractivity contribution in [1.82, 2.24) is 5.32 Å². The van der Waals surface area contributed by atoms with E-state index >= 15 is 0 Å². The molecule has 1 aliphatic carbocycles. The SMILES string of the molecule is CCCC1=C(CCC)C2=C(CCCC2)[N]1. The van der Waals surface area contributed by atoms with Crippen molar-refractivity contribution >= 4 is 0 Å². The summed E-state index contributed by atoms with van der Waals surface area (Å²) in [5.41, 5.74) is 6.11. The Labute approximate surface area is 93.6 Å². The average Bonchev–Trinajstić information content (AvgIpc) is 2.59. The van der Waals surface area contributed by atoms with Crippen molar-refractivity contribution in [1.29, 1.82) is 0 Å². The van der Waals surface area contributed by atoms with E-state index in [1.165, 1.54) is 62.8 Å². The number of nitrogens with zero attached hydrogens (tertiary/aromatic N) is 1. The van der Waals surface area contributed by atoms with Gasteiger partial charge in [0.1, 0.15) is 0 Å². The van der Waals surface area contributed by atoms with Crippen LogP contribution in [0.3, 0.4) is 0 Å². The van der Waals surface area contributed by atoms with Crippen molar-refractivity contribution in [2.24, 2.45) is 0 Å². The molecule has 15 heavy (non-hydrogen) atoms. The van der Waals surface area contributed by atoms with Crippen LogP contribution >= 0.6 is 0 Å². The van der Waals surface area contributed by atoms with E-state index in [1.807, 2.05) is 0 Å². The first-order valence-electron chi connectivity index (χ1n) is 6.53. The molecule has 2 aliphatic rings. The van der Waals surface area contributed by atoms with Gasteiger partial charge in [-0.2, -0.15) is 0 Å². The van der Waals surface area contributed by atoms with E-state index in [9.17, 15) is 0 Å². The Bertz CT molecular complexity index is 296. The normalized spacial score (nSPS) is 20.7. The van der Waals surface area contributed by atoms with Crippen LogP contribution < -0.4 is 5.32 Å². The van der Waals surface area contributed by atoms with Gasteiger partial charge in [0.2, 0.25) is 0 Å². The lowest BCUT2D eigenvalue weighted by Gasteiger charge is -2.14. The summed E-state index contributed by atoms with van der Waals surface area (Å²) in [6.45, 7) is 4.53. The molecule has 0 saturated heterocycles. The van der Waals surface area contributed by atoms with Crippen molar-refractivity contribution < 1.29 is 0 Å². The fraction of sp³-hybridized carbons (Fsp3) is 0.714. The number of allylic oxidation sites excluding steroid dienone is 4. The van der Waals surface area contributed by atoms with E-state index in [0.717, 1.165) is 0 Å². The molecule has 0 unspecified atom stereocenters. The smallest absolute Gasteiger partial charge is 0.0442 e. The molecule has 0 fully saturated rings. The van der Waals surface area contributed by atoms with E-state index in [4.69, 9.17) is 5.32 Å². The molecular formula is C14H22N. The van der Waals surface area contributed by atoms with Crippen LogP contribution in [0.15, 0.2) is 22.5 Å². The molecule has 0 atom stereocenters. The van der Waals surface area contributed by atoms with Crippen molar-refractivity contribution in [2.75, 3.05) is 0 Å². The van der Waals surface area contributed by atoms with Crippen molar-refractivity contribution in [3.63, 3.8) is 0 Å². The Morgan fingerprint density at radius 2 is 1.73 bits per heavy atom. The summed E-state index contributed by atoms with van der Waals surface area (Å²) in [5, 5.41) is 4.86. The van der Waals surface area contributed by atoms with Crippen molar-refractivity contribution in [2.45, 2.75) is 65.2 Å². The van der Waals surface area contributed by atoms with E-state index in [-0.39, 0.29) is 0 Å². The predicted molar refractivity (Wildman–Crippen MR) is 64.5 cm³/mol. The van der Waals surface area contributed by atoms with Crippen molar-refractivity contribution in [3.8, 4) is 0 Å². The Morgan fingerprint density at radius 1 is 1.00 bits per heavy atom. The third kappa shape index (κ3) is 2.11. The van der Waals surface area contributed by atoms with Crippen molar-refractivity contribution in [3.05, 3.63) is 22.5 Å². The molecule has 0 aromatic rings. The Hall–Kier alpha value is -0.720. The van der Waals surface area contributed by atoms with E-state index in [1.54, 1.807) is 11.1 Å². The van der Waals surface area contributed by atoms with Gasteiger partial charge in [-0.15, -0.1) is 0 Å². The average molecular weight is 204 g/mol. The molecule has 0 spiro atoms. The van der Waals surface area contributed by atoms with E-state index in [2.05, 4.69) is 13.8 Å². The fourth-order valence-electron chi connectivity index (χ4n) is 2.73. The molecule has 0 aromatic heterocycles. The highest BCUT2D eigenvalue weighted by Crippen LogP contribution is 2.39.